The Morgan fingerprint density at radius 2 is 1.96 bits per heavy atom. The van der Waals surface area contributed by atoms with Gasteiger partial charge in [-0.15, -0.1) is 0 Å². The molecule has 1 heterocycles. The summed E-state index contributed by atoms with van der Waals surface area (Å²) in [4.78, 5) is 36.7. The molecule has 7 heteroatoms. The third-order valence-electron chi connectivity index (χ3n) is 4.89. The molecule has 1 aromatic heterocycles. The smallest absolute Gasteiger partial charge is 0.267 e. The van der Waals surface area contributed by atoms with Crippen LogP contribution in [0.3, 0.4) is 0 Å². The van der Waals surface area contributed by atoms with E-state index in [0.29, 0.717) is 11.3 Å². The van der Waals surface area contributed by atoms with Crippen LogP contribution in [0.1, 0.15) is 47.3 Å². The van der Waals surface area contributed by atoms with E-state index < -0.39 is 0 Å². The van der Waals surface area contributed by atoms with Gasteiger partial charge in [-0.05, 0) is 62.3 Å². The van der Waals surface area contributed by atoms with Crippen LogP contribution in [-0.4, -0.2) is 27.6 Å². The average Bonchev–Trinajstić information content (AvgIpc) is 3.46. The third-order valence-corrected chi connectivity index (χ3v) is 4.89. The van der Waals surface area contributed by atoms with Crippen molar-refractivity contribution < 1.29 is 9.59 Å². The molecule has 0 aliphatic heterocycles. The number of nitrogens with zero attached hydrogens (tertiary/aromatic N) is 2. The summed E-state index contributed by atoms with van der Waals surface area (Å²) in [6.45, 7) is -0.148. The number of amides is 2. The number of aromatic nitrogens is 2. The van der Waals surface area contributed by atoms with Gasteiger partial charge in [0.15, 0.2) is 0 Å². The van der Waals surface area contributed by atoms with Gasteiger partial charge in [0.1, 0.15) is 6.54 Å². The lowest BCUT2D eigenvalue weighted by atomic mass is 9.97. The van der Waals surface area contributed by atoms with E-state index in [0.717, 1.165) is 49.8 Å². The minimum absolute atomic E-state index is 0.138. The van der Waals surface area contributed by atoms with E-state index in [1.54, 1.807) is 30.3 Å². The van der Waals surface area contributed by atoms with Crippen molar-refractivity contribution in [1.82, 2.24) is 15.1 Å². The Balaban J connectivity index is 1.43. The molecule has 0 radical (unpaired) electrons. The van der Waals surface area contributed by atoms with Crippen LogP contribution in [0.15, 0.2) is 35.1 Å². The highest BCUT2D eigenvalue weighted by molar-refractivity contribution is 5.97. The quantitative estimate of drug-likeness (QED) is 0.841. The molecule has 27 heavy (non-hydrogen) atoms. The maximum absolute atomic E-state index is 12.4. The fraction of sp³-hybridized carbons (Fsp3) is 0.400. The van der Waals surface area contributed by atoms with Crippen molar-refractivity contribution in [3.8, 4) is 0 Å². The van der Waals surface area contributed by atoms with E-state index in [4.69, 9.17) is 0 Å². The van der Waals surface area contributed by atoms with Gasteiger partial charge in [0.25, 0.3) is 11.5 Å². The molecule has 0 spiro atoms. The normalized spacial score (nSPS) is 15.7. The van der Waals surface area contributed by atoms with E-state index in [1.807, 2.05) is 0 Å². The van der Waals surface area contributed by atoms with Gasteiger partial charge in [-0.3, -0.25) is 14.4 Å². The molecule has 2 N–H and O–H groups in total. The number of carbonyl (C=O) groups is 2. The van der Waals surface area contributed by atoms with Gasteiger partial charge in [0, 0.05) is 23.4 Å². The number of benzene rings is 1. The van der Waals surface area contributed by atoms with Crippen molar-refractivity contribution >= 4 is 17.5 Å². The summed E-state index contributed by atoms with van der Waals surface area (Å²) in [5.74, 6) is -0.485. The average molecular weight is 366 g/mol. The third kappa shape index (κ3) is 4.24. The number of hydrogen-bond acceptors (Lipinski definition) is 4. The summed E-state index contributed by atoms with van der Waals surface area (Å²) < 4.78 is 1.21. The second-order valence-electron chi connectivity index (χ2n) is 7.20. The van der Waals surface area contributed by atoms with Crippen LogP contribution in [0.5, 0.6) is 0 Å². The number of nitrogens with one attached hydrogen (secondary N) is 2. The molecule has 2 amide bonds. The molecule has 1 fully saturated rings. The molecule has 1 saturated carbocycles. The van der Waals surface area contributed by atoms with Crippen molar-refractivity contribution in [3.63, 3.8) is 0 Å². The standard InChI is InChI=1S/C20H22N4O3/c25-18(12-24-19(26)11-13-4-1-2-7-17(13)23-24)21-16-6-3-5-14(10-16)20(27)22-15-8-9-15/h3,5-6,10-11,15H,1-2,4,7-9,12H2,(H,21,25)(H,22,27). The lowest BCUT2D eigenvalue weighted by Crippen LogP contribution is -2.31. The first-order valence-electron chi connectivity index (χ1n) is 9.39. The van der Waals surface area contributed by atoms with Gasteiger partial charge in [-0.2, -0.15) is 5.10 Å². The largest absolute Gasteiger partial charge is 0.349 e. The highest BCUT2D eigenvalue weighted by Crippen LogP contribution is 2.20. The van der Waals surface area contributed by atoms with E-state index in [1.165, 1.54) is 4.68 Å². The first-order valence-corrected chi connectivity index (χ1v) is 9.39. The zero-order chi connectivity index (χ0) is 18.8. The summed E-state index contributed by atoms with van der Waals surface area (Å²) in [7, 11) is 0. The Kier molecular flexibility index (Phi) is 4.75. The van der Waals surface area contributed by atoms with Crippen LogP contribution in [-0.2, 0) is 24.2 Å². The molecule has 0 unspecified atom stereocenters. The molecule has 0 atom stereocenters. The van der Waals surface area contributed by atoms with E-state index in [9.17, 15) is 14.4 Å². The highest BCUT2D eigenvalue weighted by atomic mass is 16.2. The van der Waals surface area contributed by atoms with Crippen LogP contribution < -0.4 is 16.2 Å². The van der Waals surface area contributed by atoms with Crippen LogP contribution in [0.4, 0.5) is 5.69 Å². The van der Waals surface area contributed by atoms with Gasteiger partial charge < -0.3 is 10.6 Å². The molecule has 7 nitrogen and oxygen atoms in total. The molecule has 2 aliphatic rings. The summed E-state index contributed by atoms with van der Waals surface area (Å²) in [5.41, 5.74) is 2.67. The first-order chi connectivity index (χ1) is 13.1. The summed E-state index contributed by atoms with van der Waals surface area (Å²) in [5, 5.41) is 10.0. The summed E-state index contributed by atoms with van der Waals surface area (Å²) in [6.07, 6.45) is 5.88. The minimum atomic E-state index is -0.347. The maximum Gasteiger partial charge on any atom is 0.267 e. The highest BCUT2D eigenvalue weighted by Gasteiger charge is 2.23. The number of anilines is 1. The molecule has 0 saturated heterocycles. The molecular formula is C20H22N4O3. The van der Waals surface area contributed by atoms with Crippen molar-refractivity contribution in [2.75, 3.05) is 5.32 Å². The Bertz CT molecular complexity index is 946. The van der Waals surface area contributed by atoms with Gasteiger partial charge in [-0.25, -0.2) is 4.68 Å². The second-order valence-corrected chi connectivity index (χ2v) is 7.20. The SMILES string of the molecule is O=C(Cn1nc2c(cc1=O)CCCC2)Nc1cccc(C(=O)NC2CC2)c1. The number of aryl methyl sites for hydroxylation is 2. The van der Waals surface area contributed by atoms with Crippen molar-refractivity contribution in [2.45, 2.75) is 51.1 Å². The number of hydrogen-bond donors (Lipinski definition) is 2. The molecule has 2 aromatic rings. The lowest BCUT2D eigenvalue weighted by Gasteiger charge is -2.15. The fourth-order valence-electron chi connectivity index (χ4n) is 3.29. The monoisotopic (exact) mass is 366 g/mol. The molecule has 2 aliphatic carbocycles. The topological polar surface area (TPSA) is 93.1 Å². The Hall–Kier alpha value is -2.96. The summed E-state index contributed by atoms with van der Waals surface area (Å²) in [6, 6.07) is 8.66. The zero-order valence-electron chi connectivity index (χ0n) is 15.0. The van der Waals surface area contributed by atoms with Crippen LogP contribution in [0.25, 0.3) is 0 Å². The van der Waals surface area contributed by atoms with Crippen LogP contribution >= 0.6 is 0 Å². The molecule has 140 valence electrons. The number of rotatable bonds is 5. The number of fused-ring (bicyclic) bond motifs is 1. The van der Waals surface area contributed by atoms with E-state index in [2.05, 4.69) is 15.7 Å². The maximum atomic E-state index is 12.4. The van der Waals surface area contributed by atoms with Gasteiger partial charge in [0.05, 0.1) is 5.69 Å². The van der Waals surface area contributed by atoms with E-state index >= 15 is 0 Å². The minimum Gasteiger partial charge on any atom is -0.349 e. The first kappa shape index (κ1) is 17.5. The molecule has 4 rings (SSSR count). The molecule has 1 aromatic carbocycles. The Morgan fingerprint density at radius 3 is 2.78 bits per heavy atom. The predicted octanol–water partition coefficient (Wildman–Crippen LogP) is 1.65. The van der Waals surface area contributed by atoms with Crippen molar-refractivity contribution in [2.24, 2.45) is 0 Å². The van der Waals surface area contributed by atoms with Gasteiger partial charge >= 0.3 is 0 Å². The van der Waals surface area contributed by atoms with Gasteiger partial charge in [0.2, 0.25) is 5.91 Å². The van der Waals surface area contributed by atoms with E-state index in [-0.39, 0.29) is 30.0 Å². The molecular weight excluding hydrogens is 344 g/mol. The Labute approximate surface area is 156 Å². The lowest BCUT2D eigenvalue weighted by molar-refractivity contribution is -0.117. The van der Waals surface area contributed by atoms with Gasteiger partial charge in [-0.1, -0.05) is 6.07 Å². The molecule has 0 bridgehead atoms. The van der Waals surface area contributed by atoms with Crippen molar-refractivity contribution in [3.05, 3.63) is 57.5 Å². The van der Waals surface area contributed by atoms with Crippen LogP contribution in [0, 0.1) is 0 Å². The number of carbonyl (C=O) groups excluding carboxylic acids is 2. The second kappa shape index (κ2) is 7.34. The predicted molar refractivity (Wildman–Crippen MR) is 101 cm³/mol. The Morgan fingerprint density at radius 1 is 1.15 bits per heavy atom. The fourth-order valence-corrected chi connectivity index (χ4v) is 3.29. The van der Waals surface area contributed by atoms with Crippen LogP contribution in [0.2, 0.25) is 0 Å². The zero-order valence-corrected chi connectivity index (χ0v) is 15.0. The van der Waals surface area contributed by atoms with Crippen molar-refractivity contribution in [1.29, 1.82) is 0 Å². The summed E-state index contributed by atoms with van der Waals surface area (Å²) >= 11 is 0.